The van der Waals surface area contributed by atoms with Crippen molar-refractivity contribution in [1.29, 1.82) is 0 Å². The maximum atomic E-state index is 13.3. The van der Waals surface area contributed by atoms with Gasteiger partial charge in [-0.1, -0.05) is 38.5 Å². The number of unbranched alkanes of at least 4 members (excludes halogenated alkanes) is 1. The Morgan fingerprint density at radius 3 is 2.23 bits per heavy atom. The second-order valence-corrected chi connectivity index (χ2v) is 10.3. The molecule has 216 valence electrons. The van der Waals surface area contributed by atoms with Crippen LogP contribution in [-0.2, 0) is 25.6 Å². The zero-order valence-corrected chi connectivity index (χ0v) is 22.8. The van der Waals surface area contributed by atoms with Crippen LogP contribution in [0.1, 0.15) is 52.0 Å². The van der Waals surface area contributed by atoms with Crippen molar-refractivity contribution >= 4 is 34.6 Å². The normalized spacial score (nSPS) is 15.3. The molecule has 3 amide bonds. The average molecular weight is 547 g/mol. The van der Waals surface area contributed by atoms with E-state index in [1.54, 1.807) is 6.20 Å². The highest BCUT2D eigenvalue weighted by molar-refractivity contribution is 5.95. The number of nitrogens with one attached hydrogen (secondary N) is 4. The van der Waals surface area contributed by atoms with E-state index in [9.17, 15) is 29.4 Å². The first-order chi connectivity index (χ1) is 18.4. The van der Waals surface area contributed by atoms with Gasteiger partial charge in [-0.25, -0.2) is 4.79 Å². The molecule has 1 aromatic heterocycles. The molecule has 0 radical (unpaired) electrons. The van der Waals surface area contributed by atoms with Gasteiger partial charge in [0.1, 0.15) is 18.1 Å². The predicted octanol–water partition coefficient (Wildman–Crippen LogP) is 0.133. The van der Waals surface area contributed by atoms with Crippen molar-refractivity contribution in [3.63, 3.8) is 0 Å². The van der Waals surface area contributed by atoms with E-state index in [1.165, 1.54) is 6.92 Å². The standard InChI is InChI=1S/C27H42N6O6/c1-15(2)12-22(27(38)39)32-25(36)21(13-17-14-30-20-10-5-4-8-18(17)20)31-26(37)23(16(3)34)33-24(35)19(29)9-6-7-11-28/h4-5,8,10,14-16,19,21-23,30,34H,6-7,9,11-13,28-29H2,1-3H3,(H,31,37)(H,32,36)(H,33,35)(H,38,39). The number of aromatic amines is 1. The number of aliphatic carboxylic acids is 1. The number of carboxylic acids is 1. The quantitative estimate of drug-likeness (QED) is 0.135. The third-order valence-electron chi connectivity index (χ3n) is 6.42. The Hall–Kier alpha value is -3.48. The molecule has 0 aliphatic carbocycles. The summed E-state index contributed by atoms with van der Waals surface area (Å²) in [5, 5.41) is 28.3. The number of para-hydroxylation sites is 1. The lowest BCUT2D eigenvalue weighted by atomic mass is 10.0. The van der Waals surface area contributed by atoms with E-state index in [0.29, 0.717) is 25.8 Å². The molecule has 39 heavy (non-hydrogen) atoms. The highest BCUT2D eigenvalue weighted by Gasteiger charge is 2.33. The highest BCUT2D eigenvalue weighted by Crippen LogP contribution is 2.19. The molecule has 0 bridgehead atoms. The van der Waals surface area contributed by atoms with Crippen LogP contribution >= 0.6 is 0 Å². The summed E-state index contributed by atoms with van der Waals surface area (Å²) in [4.78, 5) is 54.1. The Kier molecular flexibility index (Phi) is 12.4. The van der Waals surface area contributed by atoms with Gasteiger partial charge >= 0.3 is 5.97 Å². The lowest BCUT2D eigenvalue weighted by Crippen LogP contribution is -2.60. The van der Waals surface area contributed by atoms with Crippen LogP contribution in [-0.4, -0.2) is 75.7 Å². The Bertz CT molecular complexity index is 1120. The monoisotopic (exact) mass is 546 g/mol. The minimum atomic E-state index is -1.39. The zero-order chi connectivity index (χ0) is 29.1. The molecule has 0 fully saturated rings. The van der Waals surface area contributed by atoms with Gasteiger partial charge in [0.25, 0.3) is 0 Å². The number of aliphatic hydroxyl groups excluding tert-OH is 1. The van der Waals surface area contributed by atoms with Crippen LogP contribution in [0.3, 0.4) is 0 Å². The number of hydrogen-bond donors (Lipinski definition) is 8. The SMILES string of the molecule is CC(C)CC(NC(=O)C(Cc1c[nH]c2ccccc12)NC(=O)C(NC(=O)C(N)CCCCN)C(C)O)C(=O)O. The number of benzene rings is 1. The number of aromatic nitrogens is 1. The summed E-state index contributed by atoms with van der Waals surface area (Å²) in [6.07, 6.45) is 2.33. The van der Waals surface area contributed by atoms with E-state index < -0.39 is 54.0 Å². The van der Waals surface area contributed by atoms with Gasteiger partial charge in [0.2, 0.25) is 17.7 Å². The van der Waals surface area contributed by atoms with Crippen LogP contribution in [0.15, 0.2) is 30.5 Å². The Morgan fingerprint density at radius 1 is 0.949 bits per heavy atom. The second kappa shape index (κ2) is 15.2. The van der Waals surface area contributed by atoms with Gasteiger partial charge in [-0.05, 0) is 50.3 Å². The number of amides is 3. The molecule has 1 heterocycles. The van der Waals surface area contributed by atoms with Gasteiger partial charge in [-0.2, -0.15) is 0 Å². The molecule has 0 saturated carbocycles. The van der Waals surface area contributed by atoms with Crippen molar-refractivity contribution in [1.82, 2.24) is 20.9 Å². The Morgan fingerprint density at radius 2 is 1.62 bits per heavy atom. The maximum Gasteiger partial charge on any atom is 0.326 e. The summed E-state index contributed by atoms with van der Waals surface area (Å²) in [5.41, 5.74) is 13.0. The van der Waals surface area contributed by atoms with E-state index in [2.05, 4.69) is 20.9 Å². The predicted molar refractivity (Wildman–Crippen MR) is 147 cm³/mol. The summed E-state index contributed by atoms with van der Waals surface area (Å²) in [6.45, 7) is 5.48. The lowest BCUT2D eigenvalue weighted by Gasteiger charge is -2.26. The van der Waals surface area contributed by atoms with E-state index in [1.807, 2.05) is 38.1 Å². The van der Waals surface area contributed by atoms with Crippen LogP contribution in [0, 0.1) is 5.92 Å². The number of hydrogen-bond acceptors (Lipinski definition) is 7. The number of H-pyrrole nitrogens is 1. The van der Waals surface area contributed by atoms with E-state index >= 15 is 0 Å². The van der Waals surface area contributed by atoms with Gasteiger partial charge in [-0.15, -0.1) is 0 Å². The van der Waals surface area contributed by atoms with Crippen LogP contribution in [0.25, 0.3) is 10.9 Å². The molecule has 0 aliphatic heterocycles. The van der Waals surface area contributed by atoms with E-state index in [-0.39, 0.29) is 18.8 Å². The van der Waals surface area contributed by atoms with E-state index in [4.69, 9.17) is 11.5 Å². The first-order valence-electron chi connectivity index (χ1n) is 13.3. The lowest BCUT2D eigenvalue weighted by molar-refractivity contribution is -0.143. The highest BCUT2D eigenvalue weighted by atomic mass is 16.4. The van der Waals surface area contributed by atoms with Gasteiger partial charge < -0.3 is 42.6 Å². The van der Waals surface area contributed by atoms with Crippen molar-refractivity contribution < 1.29 is 29.4 Å². The van der Waals surface area contributed by atoms with Crippen molar-refractivity contribution in [3.05, 3.63) is 36.0 Å². The summed E-state index contributed by atoms with van der Waals surface area (Å²) in [5.74, 6) is -3.31. The van der Waals surface area contributed by atoms with Gasteiger partial charge in [0.15, 0.2) is 0 Å². The van der Waals surface area contributed by atoms with Crippen LogP contribution in [0.5, 0.6) is 0 Å². The fourth-order valence-corrected chi connectivity index (χ4v) is 4.26. The molecule has 10 N–H and O–H groups in total. The summed E-state index contributed by atoms with van der Waals surface area (Å²) in [6, 6.07) is 2.79. The number of rotatable bonds is 16. The number of carbonyl (C=O) groups is 4. The van der Waals surface area contributed by atoms with Crippen molar-refractivity contribution in [2.45, 2.75) is 83.1 Å². The Labute approximate surface area is 228 Å². The summed E-state index contributed by atoms with van der Waals surface area (Å²) >= 11 is 0. The number of carbonyl (C=O) groups excluding carboxylic acids is 3. The molecule has 0 saturated heterocycles. The molecule has 12 nitrogen and oxygen atoms in total. The molecular weight excluding hydrogens is 504 g/mol. The van der Waals surface area contributed by atoms with Gasteiger partial charge in [0.05, 0.1) is 12.1 Å². The number of fused-ring (bicyclic) bond motifs is 1. The number of nitrogens with two attached hydrogens (primary N) is 2. The van der Waals surface area contributed by atoms with E-state index in [0.717, 1.165) is 16.5 Å². The van der Waals surface area contributed by atoms with Crippen LogP contribution in [0.4, 0.5) is 0 Å². The van der Waals surface area contributed by atoms with Crippen molar-refractivity contribution in [3.8, 4) is 0 Å². The van der Waals surface area contributed by atoms with Gasteiger partial charge in [-0.3, -0.25) is 14.4 Å². The van der Waals surface area contributed by atoms with Crippen LogP contribution in [0.2, 0.25) is 0 Å². The second-order valence-electron chi connectivity index (χ2n) is 10.3. The maximum absolute atomic E-state index is 13.3. The van der Waals surface area contributed by atoms with Crippen LogP contribution < -0.4 is 27.4 Å². The molecular formula is C27H42N6O6. The largest absolute Gasteiger partial charge is 0.480 e. The zero-order valence-electron chi connectivity index (χ0n) is 22.8. The molecule has 1 aromatic carbocycles. The topological polar surface area (TPSA) is 213 Å². The molecule has 5 unspecified atom stereocenters. The minimum Gasteiger partial charge on any atom is -0.480 e. The van der Waals surface area contributed by atoms with Crippen molar-refractivity contribution in [2.75, 3.05) is 6.54 Å². The third kappa shape index (κ3) is 9.65. The summed E-state index contributed by atoms with van der Waals surface area (Å²) < 4.78 is 0. The van der Waals surface area contributed by atoms with Gasteiger partial charge in [0, 0.05) is 23.5 Å². The average Bonchev–Trinajstić information content (AvgIpc) is 3.28. The number of carboxylic acid groups (broad SMARTS) is 1. The number of aliphatic hydroxyl groups is 1. The first-order valence-corrected chi connectivity index (χ1v) is 13.3. The fraction of sp³-hybridized carbons (Fsp3) is 0.556. The smallest absolute Gasteiger partial charge is 0.326 e. The molecule has 2 rings (SSSR count). The molecule has 0 aliphatic rings. The third-order valence-corrected chi connectivity index (χ3v) is 6.42. The Balaban J connectivity index is 2.26. The molecule has 12 heteroatoms. The fourth-order valence-electron chi connectivity index (χ4n) is 4.26. The molecule has 2 aromatic rings. The molecule has 0 spiro atoms. The molecule has 5 atom stereocenters. The van der Waals surface area contributed by atoms with Crippen molar-refractivity contribution in [2.24, 2.45) is 17.4 Å². The minimum absolute atomic E-state index is 0.00282. The summed E-state index contributed by atoms with van der Waals surface area (Å²) in [7, 11) is 0. The first kappa shape index (κ1) is 31.7.